The first-order chi connectivity index (χ1) is 8.33. The number of unbranched alkanes of at least 4 members (excludes halogenated alkanes) is 5. The summed E-state index contributed by atoms with van der Waals surface area (Å²) in [7, 11) is 0. The number of amides is 1. The molecule has 1 rings (SSSR count). The van der Waals surface area contributed by atoms with Gasteiger partial charge in [0.15, 0.2) is 0 Å². The van der Waals surface area contributed by atoms with Crippen LogP contribution in [0.15, 0.2) is 0 Å². The van der Waals surface area contributed by atoms with E-state index < -0.39 is 0 Å². The molecule has 1 aliphatic carbocycles. The molecule has 0 spiro atoms. The monoisotopic (exact) mass is 241 g/mol. The molecule has 0 saturated heterocycles. The van der Waals surface area contributed by atoms with Gasteiger partial charge >= 0.3 is 6.09 Å². The maximum atomic E-state index is 11.4. The van der Waals surface area contributed by atoms with Crippen molar-refractivity contribution in [1.29, 1.82) is 0 Å². The zero-order valence-corrected chi connectivity index (χ0v) is 11.2. The molecule has 1 aliphatic rings. The number of hydrogen-bond donors (Lipinski definition) is 1. The predicted octanol–water partition coefficient (Wildman–Crippen LogP) is 4.02. The second kappa shape index (κ2) is 9.32. The number of ether oxygens (including phenoxy) is 1. The summed E-state index contributed by atoms with van der Waals surface area (Å²) in [6, 6.07) is 0. The lowest BCUT2D eigenvalue weighted by Gasteiger charge is -2.12. The Balaban J connectivity index is 1.86. The molecule has 0 aromatic rings. The summed E-state index contributed by atoms with van der Waals surface area (Å²) >= 11 is 0. The summed E-state index contributed by atoms with van der Waals surface area (Å²) in [5, 5.41) is 2.84. The molecule has 0 aliphatic heterocycles. The van der Waals surface area contributed by atoms with E-state index in [4.69, 9.17) is 4.74 Å². The van der Waals surface area contributed by atoms with Crippen LogP contribution in [-0.2, 0) is 4.74 Å². The van der Waals surface area contributed by atoms with Gasteiger partial charge in [0, 0.05) is 6.54 Å². The van der Waals surface area contributed by atoms with Gasteiger partial charge in [0.25, 0.3) is 0 Å². The fourth-order valence-electron chi connectivity index (χ4n) is 2.30. The standard InChI is InChI=1S/C14H27NO2/c1-2-3-4-5-6-9-12-15-14(16)17-13-10-7-8-11-13/h13H,2-12H2,1H3,(H,15,16). The van der Waals surface area contributed by atoms with E-state index in [0.29, 0.717) is 0 Å². The van der Waals surface area contributed by atoms with Crippen LogP contribution < -0.4 is 5.32 Å². The van der Waals surface area contributed by atoms with Crippen molar-refractivity contribution in [3.63, 3.8) is 0 Å². The van der Waals surface area contributed by atoms with Gasteiger partial charge in [-0.15, -0.1) is 0 Å². The minimum absolute atomic E-state index is 0.180. The summed E-state index contributed by atoms with van der Waals surface area (Å²) in [5.41, 5.74) is 0. The van der Waals surface area contributed by atoms with Gasteiger partial charge in [-0.05, 0) is 32.1 Å². The molecule has 0 unspecified atom stereocenters. The highest BCUT2D eigenvalue weighted by atomic mass is 16.6. The quantitative estimate of drug-likeness (QED) is 0.652. The summed E-state index contributed by atoms with van der Waals surface area (Å²) in [6.45, 7) is 2.98. The fraction of sp³-hybridized carbons (Fsp3) is 0.929. The third-order valence-electron chi connectivity index (χ3n) is 3.38. The van der Waals surface area contributed by atoms with Crippen LogP contribution in [0.4, 0.5) is 4.79 Å². The number of alkyl carbamates (subject to hydrolysis) is 1. The maximum absolute atomic E-state index is 11.4. The summed E-state index contributed by atoms with van der Waals surface area (Å²) < 4.78 is 5.31. The van der Waals surface area contributed by atoms with Gasteiger partial charge < -0.3 is 10.1 Å². The Labute approximate surface area is 105 Å². The molecule has 1 N–H and O–H groups in total. The van der Waals surface area contributed by atoms with Crippen LogP contribution in [0.3, 0.4) is 0 Å². The Kier molecular flexibility index (Phi) is 7.85. The number of carbonyl (C=O) groups excluding carboxylic acids is 1. The number of rotatable bonds is 8. The molecule has 3 heteroatoms. The largest absolute Gasteiger partial charge is 0.446 e. The molecule has 0 aromatic heterocycles. The van der Waals surface area contributed by atoms with Crippen molar-refractivity contribution in [3.05, 3.63) is 0 Å². The Morgan fingerprint density at radius 2 is 1.76 bits per heavy atom. The molecule has 0 aromatic carbocycles. The lowest BCUT2D eigenvalue weighted by atomic mass is 10.1. The second-order valence-electron chi connectivity index (χ2n) is 5.01. The van der Waals surface area contributed by atoms with Crippen LogP contribution in [0.5, 0.6) is 0 Å². The van der Waals surface area contributed by atoms with Crippen LogP contribution in [0, 0.1) is 0 Å². The molecule has 3 nitrogen and oxygen atoms in total. The van der Waals surface area contributed by atoms with Crippen molar-refractivity contribution in [2.75, 3.05) is 6.54 Å². The number of carbonyl (C=O) groups is 1. The zero-order chi connectivity index (χ0) is 12.3. The highest BCUT2D eigenvalue weighted by Crippen LogP contribution is 2.20. The van der Waals surface area contributed by atoms with Crippen LogP contribution in [0.1, 0.15) is 71.1 Å². The van der Waals surface area contributed by atoms with Crippen molar-refractivity contribution >= 4 is 6.09 Å². The highest BCUT2D eigenvalue weighted by molar-refractivity contribution is 5.67. The SMILES string of the molecule is CCCCCCCCNC(=O)OC1CCCC1. The number of hydrogen-bond acceptors (Lipinski definition) is 2. The molecule has 1 fully saturated rings. The third kappa shape index (κ3) is 7.24. The summed E-state index contributed by atoms with van der Waals surface area (Å²) in [5.74, 6) is 0. The first-order valence-corrected chi connectivity index (χ1v) is 7.27. The Hall–Kier alpha value is -0.730. The first kappa shape index (κ1) is 14.3. The summed E-state index contributed by atoms with van der Waals surface area (Å²) in [4.78, 5) is 11.4. The lowest BCUT2D eigenvalue weighted by molar-refractivity contribution is 0.101. The first-order valence-electron chi connectivity index (χ1n) is 7.27. The van der Waals surface area contributed by atoms with Crippen molar-refractivity contribution in [2.45, 2.75) is 77.2 Å². The van der Waals surface area contributed by atoms with E-state index in [1.165, 1.54) is 44.9 Å². The van der Waals surface area contributed by atoms with E-state index >= 15 is 0 Å². The molecule has 0 radical (unpaired) electrons. The van der Waals surface area contributed by atoms with Crippen LogP contribution in [0.2, 0.25) is 0 Å². The average molecular weight is 241 g/mol. The third-order valence-corrected chi connectivity index (χ3v) is 3.38. The molecular weight excluding hydrogens is 214 g/mol. The van der Waals surface area contributed by atoms with Crippen molar-refractivity contribution in [3.8, 4) is 0 Å². The fourth-order valence-corrected chi connectivity index (χ4v) is 2.30. The number of nitrogens with one attached hydrogen (secondary N) is 1. The molecule has 17 heavy (non-hydrogen) atoms. The molecule has 1 amide bonds. The topological polar surface area (TPSA) is 38.3 Å². The van der Waals surface area contributed by atoms with E-state index in [1.807, 2.05) is 0 Å². The Morgan fingerprint density at radius 3 is 2.47 bits per heavy atom. The summed E-state index contributed by atoms with van der Waals surface area (Å²) in [6.07, 6.45) is 12.0. The van der Waals surface area contributed by atoms with Gasteiger partial charge in [-0.1, -0.05) is 39.0 Å². The smallest absolute Gasteiger partial charge is 0.407 e. The molecule has 0 heterocycles. The zero-order valence-electron chi connectivity index (χ0n) is 11.2. The Bertz CT molecular complexity index is 200. The van der Waals surface area contributed by atoms with Gasteiger partial charge in [0.05, 0.1) is 0 Å². The minimum Gasteiger partial charge on any atom is -0.446 e. The second-order valence-corrected chi connectivity index (χ2v) is 5.01. The predicted molar refractivity (Wildman–Crippen MR) is 70.1 cm³/mol. The van der Waals surface area contributed by atoms with Crippen LogP contribution in [0.25, 0.3) is 0 Å². The highest BCUT2D eigenvalue weighted by Gasteiger charge is 2.18. The van der Waals surface area contributed by atoms with Crippen LogP contribution >= 0.6 is 0 Å². The van der Waals surface area contributed by atoms with E-state index in [0.717, 1.165) is 25.8 Å². The van der Waals surface area contributed by atoms with E-state index in [-0.39, 0.29) is 12.2 Å². The van der Waals surface area contributed by atoms with Crippen molar-refractivity contribution < 1.29 is 9.53 Å². The van der Waals surface area contributed by atoms with E-state index in [2.05, 4.69) is 12.2 Å². The van der Waals surface area contributed by atoms with Crippen molar-refractivity contribution in [1.82, 2.24) is 5.32 Å². The molecule has 0 atom stereocenters. The van der Waals surface area contributed by atoms with Gasteiger partial charge in [0.1, 0.15) is 6.10 Å². The van der Waals surface area contributed by atoms with Crippen LogP contribution in [-0.4, -0.2) is 18.7 Å². The van der Waals surface area contributed by atoms with E-state index in [9.17, 15) is 4.79 Å². The normalized spacial score (nSPS) is 16.1. The average Bonchev–Trinajstić information content (AvgIpc) is 2.80. The van der Waals surface area contributed by atoms with Gasteiger partial charge in [-0.2, -0.15) is 0 Å². The maximum Gasteiger partial charge on any atom is 0.407 e. The van der Waals surface area contributed by atoms with E-state index in [1.54, 1.807) is 0 Å². The minimum atomic E-state index is -0.217. The molecule has 1 saturated carbocycles. The Morgan fingerprint density at radius 1 is 1.12 bits per heavy atom. The van der Waals surface area contributed by atoms with Gasteiger partial charge in [-0.3, -0.25) is 0 Å². The van der Waals surface area contributed by atoms with Gasteiger partial charge in [-0.25, -0.2) is 4.79 Å². The molecular formula is C14H27NO2. The molecule has 0 bridgehead atoms. The molecule has 100 valence electrons. The van der Waals surface area contributed by atoms with Gasteiger partial charge in [0.2, 0.25) is 0 Å². The van der Waals surface area contributed by atoms with Crippen molar-refractivity contribution in [2.24, 2.45) is 0 Å². The lowest BCUT2D eigenvalue weighted by Crippen LogP contribution is -2.28.